The molecule has 2 aromatic carbocycles. The van der Waals surface area contributed by atoms with Gasteiger partial charge in [-0.2, -0.15) is 0 Å². The molecule has 3 rings (SSSR count). The Kier molecular flexibility index (Phi) is 5.46. The quantitative estimate of drug-likeness (QED) is 0.405. The number of nitro groups is 1. The van der Waals surface area contributed by atoms with E-state index in [4.69, 9.17) is 0 Å². The van der Waals surface area contributed by atoms with Crippen LogP contribution in [0.15, 0.2) is 87.6 Å². The van der Waals surface area contributed by atoms with Crippen LogP contribution in [-0.2, 0) is 0 Å². The van der Waals surface area contributed by atoms with E-state index in [1.807, 2.05) is 24.3 Å². The van der Waals surface area contributed by atoms with E-state index in [0.717, 1.165) is 5.56 Å². The van der Waals surface area contributed by atoms with E-state index >= 15 is 0 Å². The fourth-order valence-corrected chi connectivity index (χ4v) is 3.74. The summed E-state index contributed by atoms with van der Waals surface area (Å²) in [6.07, 6.45) is 8.06. The highest BCUT2D eigenvalue weighted by molar-refractivity contribution is 8.03. The van der Waals surface area contributed by atoms with Gasteiger partial charge in [-0.3, -0.25) is 15.1 Å². The van der Waals surface area contributed by atoms with Crippen molar-refractivity contribution in [3.8, 4) is 0 Å². The summed E-state index contributed by atoms with van der Waals surface area (Å²) in [4.78, 5) is 17.5. The van der Waals surface area contributed by atoms with Gasteiger partial charge in [-0.25, -0.2) is 0 Å². The zero-order chi connectivity index (χ0) is 17.6. The Balaban J connectivity index is 1.69. The molecular formula is C20H18N2O2S. The van der Waals surface area contributed by atoms with Gasteiger partial charge in [-0.1, -0.05) is 60.3 Å². The monoisotopic (exact) mass is 350 g/mol. The zero-order valence-corrected chi connectivity index (χ0v) is 14.6. The van der Waals surface area contributed by atoms with E-state index in [2.05, 4.69) is 42.3 Å². The Morgan fingerprint density at radius 3 is 2.76 bits per heavy atom. The minimum absolute atomic E-state index is 0.0560. The van der Waals surface area contributed by atoms with E-state index < -0.39 is 4.92 Å². The number of hydrogen-bond donors (Lipinski definition) is 0. The molecule has 4 nitrogen and oxygen atoms in total. The van der Waals surface area contributed by atoms with Crippen LogP contribution in [0, 0.1) is 16.0 Å². The molecule has 0 fully saturated rings. The van der Waals surface area contributed by atoms with Crippen LogP contribution in [0.5, 0.6) is 0 Å². The number of hydrogen-bond acceptors (Lipinski definition) is 4. The number of nitrogens with zero attached hydrogens (tertiary/aromatic N) is 2. The first-order valence-electron chi connectivity index (χ1n) is 8.02. The lowest BCUT2D eigenvalue weighted by molar-refractivity contribution is -0.384. The maximum absolute atomic E-state index is 10.9. The highest BCUT2D eigenvalue weighted by Gasteiger charge is 2.21. The van der Waals surface area contributed by atoms with Gasteiger partial charge in [0.2, 0.25) is 0 Å². The predicted molar refractivity (Wildman–Crippen MR) is 103 cm³/mol. The number of allylic oxidation sites excluding steroid dienone is 2. The van der Waals surface area contributed by atoms with Crippen LogP contribution in [-0.4, -0.2) is 17.2 Å². The molecule has 126 valence electrons. The number of aliphatic imine (C=N–C) groups is 1. The third kappa shape index (κ3) is 4.45. The van der Waals surface area contributed by atoms with E-state index in [1.165, 1.54) is 21.9 Å². The molecule has 2 atom stereocenters. The van der Waals surface area contributed by atoms with Crippen LogP contribution in [0.4, 0.5) is 5.69 Å². The van der Waals surface area contributed by atoms with Crippen LogP contribution < -0.4 is 0 Å². The van der Waals surface area contributed by atoms with Crippen molar-refractivity contribution in [1.29, 1.82) is 0 Å². The lowest BCUT2D eigenvalue weighted by Gasteiger charge is -2.17. The minimum Gasteiger partial charge on any atom is -0.289 e. The lowest BCUT2D eigenvalue weighted by atomic mass is 10.0. The van der Waals surface area contributed by atoms with Crippen molar-refractivity contribution in [2.45, 2.75) is 17.9 Å². The first-order valence-corrected chi connectivity index (χ1v) is 8.84. The summed E-state index contributed by atoms with van der Waals surface area (Å²) in [6.45, 7) is 2.06. The Morgan fingerprint density at radius 2 is 2.00 bits per heavy atom. The molecule has 1 aliphatic rings. The van der Waals surface area contributed by atoms with Gasteiger partial charge in [0.05, 0.1) is 11.0 Å². The maximum atomic E-state index is 10.9. The maximum Gasteiger partial charge on any atom is 0.270 e. The Morgan fingerprint density at radius 1 is 1.20 bits per heavy atom. The summed E-state index contributed by atoms with van der Waals surface area (Å²) in [7, 11) is 0. The van der Waals surface area contributed by atoms with Gasteiger partial charge >= 0.3 is 0 Å². The third-order valence-corrected chi connectivity index (χ3v) is 5.10. The Hall–Kier alpha value is -2.66. The summed E-state index contributed by atoms with van der Waals surface area (Å²) < 4.78 is 0. The molecular weight excluding hydrogens is 332 g/mol. The zero-order valence-electron chi connectivity index (χ0n) is 13.8. The van der Waals surface area contributed by atoms with Crippen LogP contribution in [0.3, 0.4) is 0 Å². The summed E-state index contributed by atoms with van der Waals surface area (Å²) in [5.41, 5.74) is 0.821. The number of thioether (sulfide) groups is 1. The topological polar surface area (TPSA) is 55.5 Å². The number of nitro benzene ring substituents is 1. The fourth-order valence-electron chi connectivity index (χ4n) is 2.62. The molecule has 0 aromatic heterocycles. The molecule has 0 heterocycles. The molecule has 0 aliphatic heterocycles. The molecule has 25 heavy (non-hydrogen) atoms. The van der Waals surface area contributed by atoms with E-state index in [-0.39, 0.29) is 17.6 Å². The van der Waals surface area contributed by atoms with Gasteiger partial charge in [0.25, 0.3) is 5.69 Å². The Labute approximate surface area is 151 Å². The molecule has 0 bridgehead atoms. The molecule has 0 amide bonds. The first kappa shape index (κ1) is 17.2. The second-order valence-corrected chi connectivity index (χ2v) is 6.91. The summed E-state index contributed by atoms with van der Waals surface area (Å²) in [5.74, 6) is 0.222. The second-order valence-electron chi connectivity index (χ2n) is 5.77. The van der Waals surface area contributed by atoms with Crippen LogP contribution >= 0.6 is 11.8 Å². The largest absolute Gasteiger partial charge is 0.289 e. The van der Waals surface area contributed by atoms with Crippen molar-refractivity contribution < 1.29 is 4.92 Å². The van der Waals surface area contributed by atoms with Crippen LogP contribution in [0.25, 0.3) is 0 Å². The standard InChI is InChI=1S/C20H18N2O2S/c1-15(21-14-16-7-5-8-17(13-16)22(23)24)19-11-6-12-20(19)25-18-9-3-2-4-10-18/h2-15,19H,1H3/t15-,19?/m1/s1. The van der Waals surface area contributed by atoms with Crippen molar-refractivity contribution in [2.24, 2.45) is 10.9 Å². The van der Waals surface area contributed by atoms with Crippen molar-refractivity contribution in [2.75, 3.05) is 0 Å². The van der Waals surface area contributed by atoms with Crippen molar-refractivity contribution in [3.63, 3.8) is 0 Å². The highest BCUT2D eigenvalue weighted by atomic mass is 32.2. The summed E-state index contributed by atoms with van der Waals surface area (Å²) in [6, 6.07) is 16.8. The smallest absolute Gasteiger partial charge is 0.270 e. The molecule has 0 spiro atoms. The van der Waals surface area contributed by atoms with Gasteiger partial charge in [-0.05, 0) is 29.5 Å². The van der Waals surface area contributed by atoms with E-state index in [1.54, 1.807) is 24.0 Å². The highest BCUT2D eigenvalue weighted by Crippen LogP contribution is 2.37. The number of benzene rings is 2. The van der Waals surface area contributed by atoms with Gasteiger partial charge in [-0.15, -0.1) is 0 Å². The molecule has 1 aliphatic carbocycles. The summed E-state index contributed by atoms with van der Waals surface area (Å²) >= 11 is 1.75. The average Bonchev–Trinajstić information content (AvgIpc) is 3.09. The van der Waals surface area contributed by atoms with Gasteiger partial charge < -0.3 is 0 Å². The Bertz CT molecular complexity index is 844. The van der Waals surface area contributed by atoms with Crippen molar-refractivity contribution >= 4 is 23.7 Å². The molecule has 0 saturated carbocycles. The lowest BCUT2D eigenvalue weighted by Crippen LogP contribution is -2.12. The molecule has 2 aromatic rings. The van der Waals surface area contributed by atoms with Crippen molar-refractivity contribution in [1.82, 2.24) is 0 Å². The minimum atomic E-state index is -0.391. The number of rotatable bonds is 6. The van der Waals surface area contributed by atoms with Crippen molar-refractivity contribution in [3.05, 3.63) is 93.4 Å². The average molecular weight is 350 g/mol. The fraction of sp³-hybridized carbons (Fsp3) is 0.150. The van der Waals surface area contributed by atoms with Gasteiger partial charge in [0, 0.05) is 29.2 Å². The van der Waals surface area contributed by atoms with Crippen LogP contribution in [0.1, 0.15) is 12.5 Å². The first-order chi connectivity index (χ1) is 12.1. The number of non-ortho nitro benzene ring substituents is 1. The van der Waals surface area contributed by atoms with Gasteiger partial charge in [0.15, 0.2) is 0 Å². The molecule has 0 N–H and O–H groups in total. The third-order valence-electron chi connectivity index (χ3n) is 3.95. The van der Waals surface area contributed by atoms with E-state index in [9.17, 15) is 10.1 Å². The second kappa shape index (κ2) is 7.94. The molecule has 5 heteroatoms. The van der Waals surface area contributed by atoms with Gasteiger partial charge in [0.1, 0.15) is 0 Å². The summed E-state index contributed by atoms with van der Waals surface area (Å²) in [5, 5.41) is 10.9. The SMILES string of the molecule is C[C@@H](N=Cc1cccc([N+](=O)[O-])c1)C1C=CC=C1Sc1ccccc1. The van der Waals surface area contributed by atoms with Crippen LogP contribution in [0.2, 0.25) is 0 Å². The molecule has 1 unspecified atom stereocenters. The predicted octanol–water partition coefficient (Wildman–Crippen LogP) is 5.26. The molecule has 0 radical (unpaired) electrons. The van der Waals surface area contributed by atoms with E-state index in [0.29, 0.717) is 0 Å². The molecule has 0 saturated heterocycles. The normalized spacial score (nSPS) is 17.6.